The molecule has 1 heterocycles. The van der Waals surface area contributed by atoms with Crippen molar-refractivity contribution in [2.24, 2.45) is 0 Å². The minimum Gasteiger partial charge on any atom is -0.544 e. The minimum absolute atomic E-state index is 0.807. The van der Waals surface area contributed by atoms with Gasteiger partial charge in [0.1, 0.15) is 18.3 Å². The number of hydrogen-bond acceptors (Lipinski definition) is 3. The van der Waals surface area contributed by atoms with Crippen LogP contribution in [0, 0.1) is 0 Å². The van der Waals surface area contributed by atoms with Gasteiger partial charge < -0.3 is 13.9 Å². The van der Waals surface area contributed by atoms with Crippen LogP contribution in [0.15, 0.2) is 35.2 Å². The van der Waals surface area contributed by atoms with Crippen molar-refractivity contribution in [3.8, 4) is 5.75 Å². The van der Waals surface area contributed by atoms with E-state index in [2.05, 4.69) is 35.6 Å². The Labute approximate surface area is 117 Å². The molecule has 0 unspecified atom stereocenters. The molecular weight excluding hydrogens is 312 g/mol. The highest BCUT2D eigenvalue weighted by molar-refractivity contribution is 9.10. The van der Waals surface area contributed by atoms with E-state index in [0.29, 0.717) is 0 Å². The van der Waals surface area contributed by atoms with Gasteiger partial charge in [-0.15, -0.1) is 0 Å². The summed E-state index contributed by atoms with van der Waals surface area (Å²) >= 11 is 3.47. The molecule has 0 radical (unpaired) electrons. The molecule has 1 aromatic carbocycles. The van der Waals surface area contributed by atoms with E-state index < -0.39 is 14.1 Å². The normalized spacial score (nSPS) is 17.2. The van der Waals surface area contributed by atoms with E-state index in [1.807, 2.05) is 25.1 Å². The largest absolute Gasteiger partial charge is 0.544 e. The van der Waals surface area contributed by atoms with Crippen LogP contribution in [0.5, 0.6) is 5.75 Å². The van der Waals surface area contributed by atoms with Crippen LogP contribution < -0.4 is 4.43 Å². The molecule has 0 atom stereocenters. The Hall–Kier alpha value is -0.943. The van der Waals surface area contributed by atoms with Crippen molar-refractivity contribution in [2.45, 2.75) is 32.4 Å². The zero-order valence-electron chi connectivity index (χ0n) is 11.0. The molecule has 0 saturated carbocycles. The molecule has 0 bridgehead atoms. The van der Waals surface area contributed by atoms with Gasteiger partial charge in [0.2, 0.25) is 8.32 Å². The Kier molecular flexibility index (Phi) is 3.47. The third kappa shape index (κ3) is 2.90. The van der Waals surface area contributed by atoms with Gasteiger partial charge in [0.15, 0.2) is 0 Å². The van der Waals surface area contributed by atoms with E-state index in [-0.39, 0.29) is 0 Å². The Morgan fingerprint density at radius 1 is 1.17 bits per heavy atom. The first-order chi connectivity index (χ1) is 8.30. The van der Waals surface area contributed by atoms with Gasteiger partial charge in [-0.05, 0) is 37.8 Å². The predicted octanol–water partition coefficient (Wildman–Crippen LogP) is 4.35. The van der Waals surface area contributed by atoms with E-state index >= 15 is 0 Å². The van der Waals surface area contributed by atoms with Crippen LogP contribution in [-0.4, -0.2) is 8.32 Å². The standard InChI is InChI=1S/C13H17BrO3Si/c1-13(15-7-8-16-13)11-9-10(14)5-6-12(11)17-18(2,3)4/h5-9H,1-4H3. The molecule has 2 rings (SSSR count). The van der Waals surface area contributed by atoms with Crippen LogP contribution in [0.1, 0.15) is 12.5 Å². The Bertz CT molecular complexity index is 472. The molecule has 98 valence electrons. The predicted molar refractivity (Wildman–Crippen MR) is 76.8 cm³/mol. The molecule has 0 saturated heterocycles. The monoisotopic (exact) mass is 328 g/mol. The second-order valence-electron chi connectivity index (χ2n) is 5.31. The molecule has 0 aliphatic carbocycles. The minimum atomic E-state index is -1.68. The van der Waals surface area contributed by atoms with Gasteiger partial charge in [-0.1, -0.05) is 15.9 Å². The number of rotatable bonds is 3. The fourth-order valence-corrected chi connectivity index (χ4v) is 2.94. The summed E-state index contributed by atoms with van der Waals surface area (Å²) in [6.45, 7) is 8.33. The highest BCUT2D eigenvalue weighted by Gasteiger charge is 2.36. The van der Waals surface area contributed by atoms with Gasteiger partial charge in [0, 0.05) is 11.4 Å². The summed E-state index contributed by atoms with van der Waals surface area (Å²) in [6.07, 6.45) is 3.11. The lowest BCUT2D eigenvalue weighted by atomic mass is 10.1. The summed E-state index contributed by atoms with van der Waals surface area (Å²) in [5.41, 5.74) is 0.893. The topological polar surface area (TPSA) is 27.7 Å². The van der Waals surface area contributed by atoms with Crippen LogP contribution in [-0.2, 0) is 15.3 Å². The van der Waals surface area contributed by atoms with Crippen LogP contribution in [0.2, 0.25) is 19.6 Å². The van der Waals surface area contributed by atoms with Gasteiger partial charge in [-0.25, -0.2) is 0 Å². The fourth-order valence-electron chi connectivity index (χ4n) is 1.75. The number of hydrogen-bond donors (Lipinski definition) is 0. The quantitative estimate of drug-likeness (QED) is 0.772. The Morgan fingerprint density at radius 3 is 2.33 bits per heavy atom. The van der Waals surface area contributed by atoms with E-state index in [9.17, 15) is 0 Å². The molecule has 0 amide bonds. The first kappa shape index (κ1) is 13.5. The second kappa shape index (κ2) is 4.62. The molecule has 18 heavy (non-hydrogen) atoms. The van der Waals surface area contributed by atoms with Crippen LogP contribution in [0.4, 0.5) is 0 Å². The average molecular weight is 329 g/mol. The molecule has 0 spiro atoms. The fraction of sp³-hybridized carbons (Fsp3) is 0.385. The SMILES string of the molecule is CC1(c2cc(Br)ccc2O[Si](C)(C)C)OC=CO1. The van der Waals surface area contributed by atoms with E-state index in [1.54, 1.807) is 12.5 Å². The summed E-state index contributed by atoms with van der Waals surface area (Å²) < 4.78 is 18.2. The molecule has 0 aromatic heterocycles. The summed E-state index contributed by atoms with van der Waals surface area (Å²) in [5, 5.41) is 0. The molecule has 1 aliphatic heterocycles. The molecule has 1 aromatic rings. The molecule has 1 aliphatic rings. The lowest BCUT2D eigenvalue weighted by molar-refractivity contribution is -0.134. The van der Waals surface area contributed by atoms with Crippen molar-refractivity contribution < 1.29 is 13.9 Å². The highest BCUT2D eigenvalue weighted by atomic mass is 79.9. The average Bonchev–Trinajstić information content (AvgIpc) is 2.67. The van der Waals surface area contributed by atoms with Gasteiger partial charge in [0.05, 0.1) is 5.56 Å². The smallest absolute Gasteiger partial charge is 0.277 e. The molecule has 3 nitrogen and oxygen atoms in total. The van der Waals surface area contributed by atoms with Crippen molar-refractivity contribution in [2.75, 3.05) is 0 Å². The zero-order chi connectivity index (χ0) is 13.4. The van der Waals surface area contributed by atoms with Crippen LogP contribution in [0.25, 0.3) is 0 Å². The van der Waals surface area contributed by atoms with E-state index in [0.717, 1.165) is 15.8 Å². The molecule has 0 fully saturated rings. The second-order valence-corrected chi connectivity index (χ2v) is 10.7. The van der Waals surface area contributed by atoms with Crippen LogP contribution >= 0.6 is 15.9 Å². The Morgan fingerprint density at radius 2 is 1.78 bits per heavy atom. The molecule has 5 heteroatoms. The summed E-state index contributed by atoms with van der Waals surface area (Å²) in [4.78, 5) is 0. The maximum Gasteiger partial charge on any atom is 0.277 e. The zero-order valence-corrected chi connectivity index (χ0v) is 13.6. The van der Waals surface area contributed by atoms with E-state index in [1.165, 1.54) is 0 Å². The lowest BCUT2D eigenvalue weighted by Gasteiger charge is -2.28. The van der Waals surface area contributed by atoms with Gasteiger partial charge in [-0.3, -0.25) is 0 Å². The van der Waals surface area contributed by atoms with Gasteiger partial charge >= 0.3 is 0 Å². The maximum atomic E-state index is 6.10. The summed E-state index contributed by atoms with van der Waals surface area (Å²) in [6, 6.07) is 5.89. The third-order valence-corrected chi connectivity index (χ3v) is 3.81. The van der Waals surface area contributed by atoms with Crippen molar-refractivity contribution in [1.29, 1.82) is 0 Å². The molecular formula is C13H17BrO3Si. The number of benzene rings is 1. The van der Waals surface area contributed by atoms with Gasteiger partial charge in [-0.2, -0.15) is 0 Å². The van der Waals surface area contributed by atoms with Crippen molar-refractivity contribution in [3.63, 3.8) is 0 Å². The first-order valence-electron chi connectivity index (χ1n) is 5.80. The summed E-state index contributed by atoms with van der Waals surface area (Å²) in [5.74, 6) is 0.0160. The van der Waals surface area contributed by atoms with Crippen molar-refractivity contribution in [3.05, 3.63) is 40.8 Å². The van der Waals surface area contributed by atoms with Crippen molar-refractivity contribution >= 4 is 24.2 Å². The molecule has 0 N–H and O–H groups in total. The lowest BCUT2D eigenvalue weighted by Crippen LogP contribution is -2.32. The Balaban J connectivity index is 2.41. The van der Waals surface area contributed by atoms with Gasteiger partial charge in [0.25, 0.3) is 5.79 Å². The number of halogens is 1. The highest BCUT2D eigenvalue weighted by Crippen LogP contribution is 2.39. The van der Waals surface area contributed by atoms with Crippen molar-refractivity contribution in [1.82, 2.24) is 0 Å². The first-order valence-corrected chi connectivity index (χ1v) is 10.00. The van der Waals surface area contributed by atoms with Crippen LogP contribution in [0.3, 0.4) is 0 Å². The number of ether oxygens (including phenoxy) is 2. The maximum absolute atomic E-state index is 6.10. The van der Waals surface area contributed by atoms with E-state index in [4.69, 9.17) is 13.9 Å². The summed E-state index contributed by atoms with van der Waals surface area (Å²) in [7, 11) is -1.68. The third-order valence-electron chi connectivity index (χ3n) is 2.49.